The molecule has 5 rings (SSSR count). The summed E-state index contributed by atoms with van der Waals surface area (Å²) in [6.07, 6.45) is 2.11. The van der Waals surface area contributed by atoms with E-state index in [2.05, 4.69) is 73.6 Å². The van der Waals surface area contributed by atoms with E-state index in [1.807, 2.05) is 0 Å². The molecule has 4 unspecified atom stereocenters. The lowest BCUT2D eigenvalue weighted by atomic mass is 9.57. The number of carbonyl (C=O) groups excluding carboxylic acids is 1. The predicted octanol–water partition coefficient (Wildman–Crippen LogP) is 3.28. The van der Waals surface area contributed by atoms with Crippen LogP contribution in [-0.2, 0) is 11.3 Å². The summed E-state index contributed by atoms with van der Waals surface area (Å²) < 4.78 is 0. The largest absolute Gasteiger partial charge is 0.354 e. The SMILES string of the molecule is CC(C)CNC(=O)C12CC3CN(Cc4ccccc4)[C@@H](C3CN1)C2CC(C)C. The molecule has 154 valence electrons. The van der Waals surface area contributed by atoms with Gasteiger partial charge in [0.25, 0.3) is 0 Å². The number of hydrogen-bond acceptors (Lipinski definition) is 3. The number of fused-ring (bicyclic) bond motifs is 1. The summed E-state index contributed by atoms with van der Waals surface area (Å²) in [5.74, 6) is 3.05. The fourth-order valence-electron chi connectivity index (χ4n) is 6.16. The number of amides is 1. The molecule has 0 radical (unpaired) electrons. The highest BCUT2D eigenvalue weighted by molar-refractivity contribution is 5.87. The Labute approximate surface area is 170 Å². The predicted molar refractivity (Wildman–Crippen MR) is 114 cm³/mol. The van der Waals surface area contributed by atoms with Crippen LogP contribution in [0, 0.1) is 29.6 Å². The summed E-state index contributed by atoms with van der Waals surface area (Å²) in [5.41, 5.74) is 1.01. The van der Waals surface area contributed by atoms with Gasteiger partial charge >= 0.3 is 0 Å². The average molecular weight is 384 g/mol. The molecular formula is C24H37N3O. The van der Waals surface area contributed by atoms with Gasteiger partial charge in [0.15, 0.2) is 0 Å². The Hall–Kier alpha value is -1.39. The van der Waals surface area contributed by atoms with E-state index in [1.54, 1.807) is 0 Å². The molecule has 3 heterocycles. The van der Waals surface area contributed by atoms with E-state index >= 15 is 0 Å². The molecule has 0 spiro atoms. The van der Waals surface area contributed by atoms with Crippen LogP contribution in [0.2, 0.25) is 0 Å². The highest BCUT2D eigenvalue weighted by Crippen LogP contribution is 2.53. The maximum absolute atomic E-state index is 13.5. The molecule has 0 aromatic heterocycles. The standard InChI is InChI=1S/C24H37N3O/c1-16(2)10-21-22-20-13-26-24(21,23(28)25-12-17(3)4)11-19(20)15-27(22)14-18-8-6-5-7-9-18/h5-9,16-17,19-22,26H,10-15H2,1-4H3,(H,25,28)/t19?,20?,21?,22-,24?/m0/s1. The minimum atomic E-state index is -0.380. The van der Waals surface area contributed by atoms with Crippen LogP contribution in [0.3, 0.4) is 0 Å². The van der Waals surface area contributed by atoms with Crippen LogP contribution >= 0.6 is 0 Å². The van der Waals surface area contributed by atoms with Gasteiger partial charge in [0.05, 0.1) is 0 Å². The third-order valence-electron chi connectivity index (χ3n) is 7.25. The number of hydrogen-bond donors (Lipinski definition) is 2. The van der Waals surface area contributed by atoms with Gasteiger partial charge in [-0.25, -0.2) is 0 Å². The van der Waals surface area contributed by atoms with Gasteiger partial charge in [-0.2, -0.15) is 0 Å². The first-order valence-electron chi connectivity index (χ1n) is 11.2. The van der Waals surface area contributed by atoms with Crippen LogP contribution in [0.5, 0.6) is 0 Å². The van der Waals surface area contributed by atoms with E-state index in [4.69, 9.17) is 0 Å². The lowest BCUT2D eigenvalue weighted by Gasteiger charge is -2.56. The van der Waals surface area contributed by atoms with Gasteiger partial charge in [0.2, 0.25) is 5.91 Å². The van der Waals surface area contributed by atoms with Crippen molar-refractivity contribution in [3.05, 3.63) is 35.9 Å². The number of nitrogens with zero attached hydrogens (tertiary/aromatic N) is 1. The molecule has 1 aromatic carbocycles. The summed E-state index contributed by atoms with van der Waals surface area (Å²) in [5, 5.41) is 7.04. The average Bonchev–Trinajstić information content (AvgIpc) is 2.96. The van der Waals surface area contributed by atoms with Crippen molar-refractivity contribution < 1.29 is 4.79 Å². The molecule has 2 N–H and O–H groups in total. The minimum absolute atomic E-state index is 0.251. The molecule has 3 aliphatic heterocycles. The first-order chi connectivity index (χ1) is 13.4. The molecule has 1 aliphatic carbocycles. The summed E-state index contributed by atoms with van der Waals surface area (Å²) in [6.45, 7) is 12.8. The van der Waals surface area contributed by atoms with Crippen LogP contribution in [0.4, 0.5) is 0 Å². The molecule has 4 heteroatoms. The Bertz CT molecular complexity index is 688. The fourth-order valence-corrected chi connectivity index (χ4v) is 6.16. The molecular weight excluding hydrogens is 346 g/mol. The van der Waals surface area contributed by atoms with Gasteiger partial charge in [0, 0.05) is 38.1 Å². The Morgan fingerprint density at radius 2 is 1.96 bits per heavy atom. The zero-order chi connectivity index (χ0) is 19.9. The van der Waals surface area contributed by atoms with Crippen LogP contribution in [0.15, 0.2) is 30.3 Å². The lowest BCUT2D eigenvalue weighted by molar-refractivity contribution is -0.139. The van der Waals surface area contributed by atoms with Crippen LogP contribution in [-0.4, -0.2) is 42.0 Å². The second kappa shape index (κ2) is 7.79. The van der Waals surface area contributed by atoms with E-state index in [1.165, 1.54) is 5.56 Å². The van der Waals surface area contributed by atoms with Crippen molar-refractivity contribution in [2.45, 2.75) is 58.7 Å². The van der Waals surface area contributed by atoms with Crippen LogP contribution < -0.4 is 10.6 Å². The van der Waals surface area contributed by atoms with E-state index in [-0.39, 0.29) is 11.4 Å². The molecule has 4 nitrogen and oxygen atoms in total. The molecule has 1 amide bonds. The number of rotatable bonds is 7. The van der Waals surface area contributed by atoms with Crippen molar-refractivity contribution in [2.24, 2.45) is 29.6 Å². The Morgan fingerprint density at radius 1 is 1.21 bits per heavy atom. The summed E-state index contributed by atoms with van der Waals surface area (Å²) in [4.78, 5) is 16.2. The third kappa shape index (κ3) is 3.50. The van der Waals surface area contributed by atoms with E-state index in [0.717, 1.165) is 39.0 Å². The molecule has 1 aromatic rings. The Morgan fingerprint density at radius 3 is 2.64 bits per heavy atom. The second-order valence-corrected chi connectivity index (χ2v) is 10.2. The van der Waals surface area contributed by atoms with Gasteiger partial charge < -0.3 is 10.6 Å². The molecule has 28 heavy (non-hydrogen) atoms. The first-order valence-corrected chi connectivity index (χ1v) is 11.2. The summed E-state index contributed by atoms with van der Waals surface area (Å²) in [7, 11) is 0. The monoisotopic (exact) mass is 383 g/mol. The molecule has 5 atom stereocenters. The number of piperidine rings is 2. The minimum Gasteiger partial charge on any atom is -0.354 e. The van der Waals surface area contributed by atoms with Crippen LogP contribution in [0.1, 0.15) is 46.1 Å². The highest BCUT2D eigenvalue weighted by atomic mass is 16.2. The van der Waals surface area contributed by atoms with Gasteiger partial charge in [-0.05, 0) is 42.1 Å². The molecule has 4 bridgehead atoms. The Kier molecular flexibility index (Phi) is 5.54. The highest BCUT2D eigenvalue weighted by Gasteiger charge is 2.64. The third-order valence-corrected chi connectivity index (χ3v) is 7.25. The maximum Gasteiger partial charge on any atom is 0.240 e. The molecule has 1 saturated carbocycles. The van der Waals surface area contributed by atoms with Crippen molar-refractivity contribution in [1.82, 2.24) is 15.5 Å². The van der Waals surface area contributed by atoms with Crippen molar-refractivity contribution in [1.29, 1.82) is 0 Å². The maximum atomic E-state index is 13.5. The number of likely N-dealkylation sites (tertiary alicyclic amines) is 1. The summed E-state index contributed by atoms with van der Waals surface area (Å²) in [6, 6.07) is 11.4. The molecule has 3 saturated heterocycles. The van der Waals surface area contributed by atoms with Gasteiger partial charge in [-0.1, -0.05) is 58.0 Å². The lowest BCUT2D eigenvalue weighted by Crippen LogP contribution is -2.74. The van der Waals surface area contributed by atoms with Crippen molar-refractivity contribution in [2.75, 3.05) is 19.6 Å². The van der Waals surface area contributed by atoms with Crippen LogP contribution in [0.25, 0.3) is 0 Å². The van der Waals surface area contributed by atoms with Gasteiger partial charge in [-0.15, -0.1) is 0 Å². The zero-order valence-electron chi connectivity index (χ0n) is 17.9. The smallest absolute Gasteiger partial charge is 0.240 e. The van der Waals surface area contributed by atoms with Crippen molar-refractivity contribution >= 4 is 5.91 Å². The second-order valence-electron chi connectivity index (χ2n) is 10.2. The van der Waals surface area contributed by atoms with Gasteiger partial charge in [-0.3, -0.25) is 9.69 Å². The van der Waals surface area contributed by atoms with E-state index < -0.39 is 0 Å². The van der Waals surface area contributed by atoms with Crippen molar-refractivity contribution in [3.8, 4) is 0 Å². The fraction of sp³-hybridized carbons (Fsp3) is 0.708. The Balaban J connectivity index is 1.61. The first kappa shape index (κ1) is 19.9. The topological polar surface area (TPSA) is 44.4 Å². The summed E-state index contributed by atoms with van der Waals surface area (Å²) >= 11 is 0. The number of nitrogens with one attached hydrogen (secondary N) is 2. The molecule has 4 aliphatic rings. The zero-order valence-corrected chi connectivity index (χ0v) is 17.9. The van der Waals surface area contributed by atoms with Gasteiger partial charge in [0.1, 0.15) is 5.54 Å². The normalized spacial score (nSPS) is 34.4. The molecule has 4 fully saturated rings. The van der Waals surface area contributed by atoms with E-state index in [9.17, 15) is 4.79 Å². The number of benzene rings is 1. The quantitative estimate of drug-likeness (QED) is 0.759. The van der Waals surface area contributed by atoms with Crippen molar-refractivity contribution in [3.63, 3.8) is 0 Å². The number of carbonyl (C=O) groups is 1. The van der Waals surface area contributed by atoms with E-state index in [0.29, 0.717) is 35.6 Å².